The Hall–Kier alpha value is -3.33. The van der Waals surface area contributed by atoms with E-state index in [1.165, 1.54) is 20.8 Å². The highest BCUT2D eigenvalue weighted by molar-refractivity contribution is 6.37. The van der Waals surface area contributed by atoms with Gasteiger partial charge in [0.1, 0.15) is 12.1 Å². The van der Waals surface area contributed by atoms with E-state index in [1.807, 2.05) is 0 Å². The Balaban J connectivity index is 1.76. The largest absolute Gasteiger partial charge is 0.471 e. The number of Topliss-reactive ketones (excluding diaryl/α,β-unsaturated/α-hetero) is 1. The minimum atomic E-state index is -5.31. The monoisotopic (exact) mass is 635 g/mol. The molecule has 4 aliphatic rings. The molecular weight excluding hydrogens is 597 g/mol. The first kappa shape index (κ1) is 33.6. The molecular formula is C28H38F5N5O6. The number of hydrogen-bond acceptors (Lipinski definition) is 6. The van der Waals surface area contributed by atoms with E-state index in [1.54, 1.807) is 19.2 Å². The number of halogens is 5. The molecule has 4 rings (SSSR count). The lowest BCUT2D eigenvalue weighted by atomic mass is 9.69. The van der Waals surface area contributed by atoms with E-state index in [0.717, 1.165) is 4.90 Å². The van der Waals surface area contributed by atoms with E-state index in [4.69, 9.17) is 5.73 Å². The van der Waals surface area contributed by atoms with E-state index in [0.29, 0.717) is 24.3 Å². The molecule has 16 heteroatoms. The molecule has 6 atom stereocenters. The smallest absolute Gasteiger partial charge is 0.368 e. The molecule has 3 aliphatic heterocycles. The van der Waals surface area contributed by atoms with Crippen LogP contribution < -0.4 is 16.4 Å². The Kier molecular flexibility index (Phi) is 8.12. The van der Waals surface area contributed by atoms with Gasteiger partial charge >= 0.3 is 12.1 Å². The van der Waals surface area contributed by atoms with E-state index < -0.39 is 107 Å². The summed E-state index contributed by atoms with van der Waals surface area (Å²) in [5, 5.41) is 4.41. The van der Waals surface area contributed by atoms with Crippen LogP contribution >= 0.6 is 0 Å². The molecule has 1 saturated carbocycles. The molecule has 44 heavy (non-hydrogen) atoms. The molecule has 0 spiro atoms. The van der Waals surface area contributed by atoms with Crippen molar-refractivity contribution in [3.8, 4) is 0 Å². The SMILES string of the molecule is CC(C)(C)[C@H](NC(=O)C(F)(F)F)C(=O)N1CC2C(C)(C)C2([C@H](C[C@@H]2CCCNC2=O)C(=O)C(=O)N2CC(F)(F)C2)C1C(N)=O. The summed E-state index contributed by atoms with van der Waals surface area (Å²) < 4.78 is 66.8. The van der Waals surface area contributed by atoms with Crippen LogP contribution in [0.1, 0.15) is 53.9 Å². The van der Waals surface area contributed by atoms with Crippen molar-refractivity contribution in [3.05, 3.63) is 0 Å². The predicted octanol–water partition coefficient (Wildman–Crippen LogP) is 0.997. The summed E-state index contributed by atoms with van der Waals surface area (Å²) in [6.07, 6.45) is -4.65. The zero-order chi connectivity index (χ0) is 33.4. The molecule has 3 saturated heterocycles. The third kappa shape index (κ3) is 5.41. The predicted molar refractivity (Wildman–Crippen MR) is 142 cm³/mol. The quantitative estimate of drug-likeness (QED) is 0.267. The van der Waals surface area contributed by atoms with E-state index in [-0.39, 0.29) is 13.0 Å². The van der Waals surface area contributed by atoms with Gasteiger partial charge in [0.15, 0.2) is 0 Å². The molecule has 3 heterocycles. The molecule has 4 N–H and O–H groups in total. The molecule has 5 amide bonds. The van der Waals surface area contributed by atoms with Gasteiger partial charge in [-0.15, -0.1) is 0 Å². The second-order valence-corrected chi connectivity index (χ2v) is 14.1. The lowest BCUT2D eigenvalue weighted by molar-refractivity contribution is -0.176. The molecule has 4 fully saturated rings. The van der Waals surface area contributed by atoms with Crippen molar-refractivity contribution >= 4 is 35.3 Å². The van der Waals surface area contributed by atoms with Crippen LogP contribution in [0.15, 0.2) is 0 Å². The highest BCUT2D eigenvalue weighted by atomic mass is 19.4. The number of likely N-dealkylation sites (tertiary alicyclic amines) is 2. The number of ketones is 1. The van der Waals surface area contributed by atoms with Crippen molar-refractivity contribution in [2.75, 3.05) is 26.2 Å². The number of primary amides is 1. The average molecular weight is 636 g/mol. The van der Waals surface area contributed by atoms with Gasteiger partial charge in [-0.25, -0.2) is 8.78 Å². The van der Waals surface area contributed by atoms with Gasteiger partial charge in [0.05, 0.1) is 13.1 Å². The maximum atomic E-state index is 14.0. The summed E-state index contributed by atoms with van der Waals surface area (Å²) in [6, 6.07) is -3.38. The van der Waals surface area contributed by atoms with Crippen LogP contribution in [0.4, 0.5) is 22.0 Å². The van der Waals surface area contributed by atoms with Gasteiger partial charge in [-0.1, -0.05) is 34.6 Å². The summed E-state index contributed by atoms with van der Waals surface area (Å²) in [5.41, 5.74) is 2.09. The Bertz CT molecular complexity index is 1270. The highest BCUT2D eigenvalue weighted by Crippen LogP contribution is 2.79. The van der Waals surface area contributed by atoms with E-state index in [9.17, 15) is 50.7 Å². The lowest BCUT2D eigenvalue weighted by Gasteiger charge is -2.43. The minimum absolute atomic E-state index is 0.236. The number of rotatable bonds is 8. The van der Waals surface area contributed by atoms with Crippen molar-refractivity contribution in [2.24, 2.45) is 39.7 Å². The van der Waals surface area contributed by atoms with Gasteiger partial charge in [-0.05, 0) is 36.0 Å². The first-order valence-electron chi connectivity index (χ1n) is 14.4. The number of nitrogens with two attached hydrogens (primary N) is 1. The molecule has 1 aliphatic carbocycles. The van der Waals surface area contributed by atoms with Crippen molar-refractivity contribution < 1.29 is 50.7 Å². The van der Waals surface area contributed by atoms with Crippen LogP contribution in [-0.2, 0) is 28.8 Å². The third-order valence-electron chi connectivity index (χ3n) is 9.98. The number of alkyl halides is 5. The zero-order valence-electron chi connectivity index (χ0n) is 25.1. The first-order valence-corrected chi connectivity index (χ1v) is 14.4. The summed E-state index contributed by atoms with van der Waals surface area (Å²) in [4.78, 5) is 80.6. The first-order chi connectivity index (χ1) is 20.0. The second-order valence-electron chi connectivity index (χ2n) is 14.1. The molecule has 0 bridgehead atoms. The lowest BCUT2D eigenvalue weighted by Crippen LogP contribution is -2.63. The number of amides is 5. The van der Waals surface area contributed by atoms with Crippen LogP contribution in [0.3, 0.4) is 0 Å². The second kappa shape index (κ2) is 10.6. The number of piperidine rings is 2. The normalized spacial score (nSPS) is 30.3. The number of carbonyl (C=O) groups is 6. The summed E-state index contributed by atoms with van der Waals surface area (Å²) in [5.74, 6) is -13.3. The number of carbonyl (C=O) groups excluding carboxylic acids is 6. The van der Waals surface area contributed by atoms with Crippen LogP contribution in [0.25, 0.3) is 0 Å². The van der Waals surface area contributed by atoms with Crippen LogP contribution in [0, 0.1) is 34.0 Å². The topological polar surface area (TPSA) is 159 Å². The van der Waals surface area contributed by atoms with Crippen molar-refractivity contribution in [3.63, 3.8) is 0 Å². The minimum Gasteiger partial charge on any atom is -0.368 e. The summed E-state index contributed by atoms with van der Waals surface area (Å²) >= 11 is 0. The van der Waals surface area contributed by atoms with Gasteiger partial charge < -0.3 is 26.2 Å². The zero-order valence-corrected chi connectivity index (χ0v) is 25.1. The van der Waals surface area contributed by atoms with Crippen LogP contribution in [0.5, 0.6) is 0 Å². The van der Waals surface area contributed by atoms with Gasteiger partial charge in [0.2, 0.25) is 23.5 Å². The number of nitrogens with zero attached hydrogens (tertiary/aromatic N) is 2. The van der Waals surface area contributed by atoms with Gasteiger partial charge in [-0.2, -0.15) is 13.2 Å². The number of hydrogen-bond donors (Lipinski definition) is 3. The number of fused-ring (bicyclic) bond motifs is 1. The van der Waals surface area contributed by atoms with Crippen molar-refractivity contribution in [1.82, 2.24) is 20.4 Å². The molecule has 0 aromatic heterocycles. The van der Waals surface area contributed by atoms with Crippen LogP contribution in [-0.4, -0.2) is 95.5 Å². The summed E-state index contributed by atoms with van der Waals surface area (Å²) in [7, 11) is 0. The maximum absolute atomic E-state index is 14.0. The Morgan fingerprint density at radius 1 is 1.09 bits per heavy atom. The van der Waals surface area contributed by atoms with Crippen molar-refractivity contribution in [2.45, 2.75) is 78.1 Å². The molecule has 246 valence electrons. The number of nitrogens with one attached hydrogen (secondary N) is 2. The molecule has 3 unspecified atom stereocenters. The van der Waals surface area contributed by atoms with Gasteiger partial charge in [-0.3, -0.25) is 28.8 Å². The molecule has 0 aromatic carbocycles. The molecule has 0 aromatic rings. The Labute approximate surface area is 250 Å². The van der Waals surface area contributed by atoms with Crippen LogP contribution in [0.2, 0.25) is 0 Å². The molecule has 11 nitrogen and oxygen atoms in total. The van der Waals surface area contributed by atoms with E-state index in [2.05, 4.69) is 5.32 Å². The third-order valence-corrected chi connectivity index (χ3v) is 9.98. The maximum Gasteiger partial charge on any atom is 0.471 e. The fraction of sp³-hybridized carbons (Fsp3) is 0.786. The average Bonchev–Trinajstić information content (AvgIpc) is 3.16. The Morgan fingerprint density at radius 3 is 2.16 bits per heavy atom. The van der Waals surface area contributed by atoms with Crippen molar-refractivity contribution in [1.29, 1.82) is 0 Å². The fourth-order valence-corrected chi connectivity index (χ4v) is 7.76. The summed E-state index contributed by atoms with van der Waals surface area (Å²) in [6.45, 7) is 5.79. The molecule has 0 radical (unpaired) electrons. The van der Waals surface area contributed by atoms with Gasteiger partial charge in [0.25, 0.3) is 11.8 Å². The highest BCUT2D eigenvalue weighted by Gasteiger charge is 2.84. The van der Waals surface area contributed by atoms with E-state index >= 15 is 0 Å². The Morgan fingerprint density at radius 2 is 1.68 bits per heavy atom. The fourth-order valence-electron chi connectivity index (χ4n) is 7.76. The standard InChI is InChI=1S/C28H38F5N5O6/c1-24(2,3)17(36-23(44)28(31,32)33)22(43)38-10-15-25(4,5)27(15,18(38)19(34)40)14(9-13-7-6-8-35-20(13)41)16(39)21(42)37-11-26(29,30)12-37/h13-15,17-18H,6-12H2,1-5H3,(H2,34,40)(H,35,41)(H,36,44)/t13-,14+,15?,17+,18?,27?/m0/s1. The van der Waals surface area contributed by atoms with Gasteiger partial charge in [0, 0.05) is 30.3 Å².